The van der Waals surface area contributed by atoms with Crippen LogP contribution in [0.15, 0.2) is 36.4 Å². The van der Waals surface area contributed by atoms with Gasteiger partial charge in [0.1, 0.15) is 11.6 Å². The van der Waals surface area contributed by atoms with E-state index in [4.69, 9.17) is 4.74 Å². The summed E-state index contributed by atoms with van der Waals surface area (Å²) < 4.78 is 33.7. The van der Waals surface area contributed by atoms with Gasteiger partial charge >= 0.3 is 0 Å². The molecule has 2 nitrogen and oxygen atoms in total. The third-order valence-electron chi connectivity index (χ3n) is 5.28. The van der Waals surface area contributed by atoms with Gasteiger partial charge in [0, 0.05) is 18.7 Å². The Kier molecular flexibility index (Phi) is 6.97. The highest BCUT2D eigenvalue weighted by atomic mass is 19.1. The average Bonchev–Trinajstić information content (AvgIpc) is 3.44. The molecule has 0 amide bonds. The van der Waals surface area contributed by atoms with E-state index in [1.165, 1.54) is 47.7 Å². The fourth-order valence-corrected chi connectivity index (χ4v) is 3.57. The lowest BCUT2D eigenvalue weighted by atomic mass is 9.97. The van der Waals surface area contributed by atoms with Crippen LogP contribution in [0.5, 0.6) is 0 Å². The zero-order chi connectivity index (χ0) is 19.2. The van der Waals surface area contributed by atoms with Gasteiger partial charge in [-0.2, -0.15) is 0 Å². The quantitative estimate of drug-likeness (QED) is 0.573. The normalized spacial score (nSPS) is 15.1. The summed E-state index contributed by atoms with van der Waals surface area (Å²) in [5.41, 5.74) is 3.80. The molecular weight excluding hydrogens is 344 g/mol. The number of rotatable bonds is 10. The van der Waals surface area contributed by atoms with Crippen molar-refractivity contribution in [2.45, 2.75) is 45.6 Å². The van der Waals surface area contributed by atoms with Crippen LogP contribution in [0.3, 0.4) is 0 Å². The van der Waals surface area contributed by atoms with Crippen molar-refractivity contribution in [3.8, 4) is 0 Å². The molecule has 1 fully saturated rings. The van der Waals surface area contributed by atoms with E-state index >= 15 is 0 Å². The lowest BCUT2D eigenvalue weighted by molar-refractivity contribution is 0.0500. The zero-order valence-corrected chi connectivity index (χ0v) is 16.2. The van der Waals surface area contributed by atoms with Gasteiger partial charge in [-0.05, 0) is 80.8 Å². The fourth-order valence-electron chi connectivity index (χ4n) is 3.57. The molecule has 1 aliphatic carbocycles. The van der Waals surface area contributed by atoms with Crippen LogP contribution in [0.4, 0.5) is 8.78 Å². The van der Waals surface area contributed by atoms with E-state index in [-0.39, 0.29) is 11.7 Å². The Morgan fingerprint density at radius 1 is 1.04 bits per heavy atom. The van der Waals surface area contributed by atoms with Crippen molar-refractivity contribution < 1.29 is 13.5 Å². The number of nitrogens with one attached hydrogen (secondary N) is 1. The Morgan fingerprint density at radius 3 is 2.30 bits per heavy atom. The molecule has 2 aromatic carbocycles. The molecule has 2 aromatic rings. The maximum absolute atomic E-state index is 13.8. The van der Waals surface area contributed by atoms with Crippen LogP contribution in [0.2, 0.25) is 0 Å². The first-order valence-corrected chi connectivity index (χ1v) is 9.87. The van der Waals surface area contributed by atoms with Gasteiger partial charge in [0.25, 0.3) is 0 Å². The van der Waals surface area contributed by atoms with E-state index < -0.39 is 11.6 Å². The fraction of sp³-hybridized carbons (Fsp3) is 0.478. The number of hydrogen-bond donors (Lipinski definition) is 1. The Morgan fingerprint density at radius 2 is 1.67 bits per heavy atom. The van der Waals surface area contributed by atoms with E-state index in [2.05, 4.69) is 37.4 Å². The Bertz CT molecular complexity index is 718. The van der Waals surface area contributed by atoms with Crippen molar-refractivity contribution in [2.24, 2.45) is 5.92 Å². The Labute approximate surface area is 160 Å². The van der Waals surface area contributed by atoms with Crippen LogP contribution in [-0.2, 0) is 11.2 Å². The third kappa shape index (κ3) is 5.60. The third-order valence-corrected chi connectivity index (χ3v) is 5.28. The highest BCUT2D eigenvalue weighted by Gasteiger charge is 2.22. The van der Waals surface area contributed by atoms with Crippen LogP contribution in [-0.4, -0.2) is 19.7 Å². The Balaban J connectivity index is 1.59. The molecule has 1 unspecified atom stereocenters. The van der Waals surface area contributed by atoms with E-state index in [1.807, 2.05) is 0 Å². The first kappa shape index (κ1) is 20.0. The van der Waals surface area contributed by atoms with Crippen molar-refractivity contribution in [1.82, 2.24) is 5.32 Å². The van der Waals surface area contributed by atoms with Crippen molar-refractivity contribution >= 4 is 0 Å². The van der Waals surface area contributed by atoms with Gasteiger partial charge in [0.15, 0.2) is 0 Å². The van der Waals surface area contributed by atoms with E-state index in [0.717, 1.165) is 19.0 Å². The van der Waals surface area contributed by atoms with Crippen LogP contribution in [0, 0.1) is 31.4 Å². The van der Waals surface area contributed by atoms with Gasteiger partial charge in [-0.1, -0.05) is 24.3 Å². The summed E-state index contributed by atoms with van der Waals surface area (Å²) in [6, 6.07) is 10.3. The van der Waals surface area contributed by atoms with Crippen LogP contribution in [0.1, 0.15) is 47.6 Å². The summed E-state index contributed by atoms with van der Waals surface area (Å²) >= 11 is 0. The van der Waals surface area contributed by atoms with Crippen molar-refractivity contribution in [3.05, 3.63) is 70.3 Å². The number of aryl methyl sites for hydroxylation is 2. The van der Waals surface area contributed by atoms with Crippen LogP contribution >= 0.6 is 0 Å². The SMILES string of the molecule is Cc1cccc(C)c1C(CNCC1CC1)OCCCc1c(F)cccc1F. The summed E-state index contributed by atoms with van der Waals surface area (Å²) in [6.45, 7) is 6.47. The molecule has 0 aromatic heterocycles. The molecule has 0 heterocycles. The predicted octanol–water partition coefficient (Wildman–Crippen LogP) is 5.27. The molecule has 0 bridgehead atoms. The topological polar surface area (TPSA) is 21.3 Å². The smallest absolute Gasteiger partial charge is 0.129 e. The number of halogens is 2. The molecule has 1 saturated carbocycles. The van der Waals surface area contributed by atoms with E-state index in [9.17, 15) is 8.78 Å². The molecule has 0 aliphatic heterocycles. The van der Waals surface area contributed by atoms with Crippen molar-refractivity contribution in [2.75, 3.05) is 19.7 Å². The largest absolute Gasteiger partial charge is 0.372 e. The molecule has 0 radical (unpaired) electrons. The van der Waals surface area contributed by atoms with E-state index in [0.29, 0.717) is 19.4 Å². The second kappa shape index (κ2) is 9.43. The molecule has 1 atom stereocenters. The highest BCUT2D eigenvalue weighted by molar-refractivity contribution is 5.35. The van der Waals surface area contributed by atoms with Crippen molar-refractivity contribution in [3.63, 3.8) is 0 Å². The second-order valence-electron chi connectivity index (χ2n) is 7.57. The van der Waals surface area contributed by atoms with Gasteiger partial charge in [0.2, 0.25) is 0 Å². The molecular formula is C23H29F2NO. The number of benzene rings is 2. The lowest BCUT2D eigenvalue weighted by Gasteiger charge is -2.23. The van der Waals surface area contributed by atoms with Crippen LogP contribution in [0.25, 0.3) is 0 Å². The predicted molar refractivity (Wildman–Crippen MR) is 105 cm³/mol. The minimum atomic E-state index is -0.479. The minimum Gasteiger partial charge on any atom is -0.372 e. The number of hydrogen-bond acceptors (Lipinski definition) is 2. The van der Waals surface area contributed by atoms with Crippen molar-refractivity contribution in [1.29, 1.82) is 0 Å². The Hall–Kier alpha value is -1.78. The summed E-state index contributed by atoms with van der Waals surface area (Å²) in [7, 11) is 0. The molecule has 4 heteroatoms. The highest BCUT2D eigenvalue weighted by Crippen LogP contribution is 2.29. The molecule has 0 saturated heterocycles. The minimum absolute atomic E-state index is 0.0459. The summed E-state index contributed by atoms with van der Waals surface area (Å²) in [4.78, 5) is 0. The number of ether oxygens (including phenoxy) is 1. The summed E-state index contributed by atoms with van der Waals surface area (Å²) in [5, 5.41) is 3.53. The van der Waals surface area contributed by atoms with Gasteiger partial charge < -0.3 is 10.1 Å². The summed E-state index contributed by atoms with van der Waals surface area (Å²) in [6.07, 6.45) is 3.51. The first-order chi connectivity index (χ1) is 13.1. The zero-order valence-electron chi connectivity index (χ0n) is 16.2. The molecule has 27 heavy (non-hydrogen) atoms. The van der Waals surface area contributed by atoms with Gasteiger partial charge in [-0.15, -0.1) is 0 Å². The maximum atomic E-state index is 13.8. The second-order valence-corrected chi connectivity index (χ2v) is 7.57. The van der Waals surface area contributed by atoms with Gasteiger partial charge in [-0.25, -0.2) is 8.78 Å². The van der Waals surface area contributed by atoms with Crippen LogP contribution < -0.4 is 5.32 Å². The lowest BCUT2D eigenvalue weighted by Crippen LogP contribution is -2.26. The molecule has 3 rings (SSSR count). The summed E-state index contributed by atoms with van der Waals surface area (Å²) in [5.74, 6) is -0.146. The maximum Gasteiger partial charge on any atom is 0.129 e. The molecule has 1 N–H and O–H groups in total. The average molecular weight is 373 g/mol. The van der Waals surface area contributed by atoms with Gasteiger partial charge in [0.05, 0.1) is 6.10 Å². The van der Waals surface area contributed by atoms with Gasteiger partial charge in [-0.3, -0.25) is 0 Å². The first-order valence-electron chi connectivity index (χ1n) is 9.87. The molecule has 146 valence electrons. The standard InChI is InChI=1S/C23H29F2NO/c1-16-6-3-7-17(2)23(16)22(15-26-14-18-11-12-18)27-13-5-8-19-20(24)9-4-10-21(19)25/h3-4,6-7,9-10,18,22,26H,5,8,11-15H2,1-2H3. The molecule has 0 spiro atoms. The van der Waals surface area contributed by atoms with E-state index in [1.54, 1.807) is 0 Å². The molecule has 1 aliphatic rings. The monoisotopic (exact) mass is 373 g/mol.